The monoisotopic (exact) mass is 373 g/mol. The molecule has 0 saturated carbocycles. The van der Waals surface area contributed by atoms with Crippen LogP contribution in [0.5, 0.6) is 5.75 Å². The second-order valence-electron chi connectivity index (χ2n) is 8.10. The summed E-state index contributed by atoms with van der Waals surface area (Å²) < 4.78 is 5.22. The Balaban J connectivity index is 1.29. The van der Waals surface area contributed by atoms with Crippen LogP contribution < -0.4 is 15.4 Å². The van der Waals surface area contributed by atoms with Crippen LogP contribution in [0.4, 0.5) is 0 Å². The molecule has 27 heavy (non-hydrogen) atoms. The van der Waals surface area contributed by atoms with E-state index >= 15 is 0 Å². The minimum Gasteiger partial charge on any atom is -0.497 e. The van der Waals surface area contributed by atoms with Gasteiger partial charge in [-0.3, -0.25) is 9.69 Å². The standard InChI is InChI=1S/C22H35N3O2/c1-27-21-5-2-20(3-6-21)17-25-14-10-19(11-15-25)16-24-22(26)7-4-18-8-12-23-13-9-18/h2-3,5-6,18-19,23H,4,7-17H2,1H3,(H,24,26). The van der Waals surface area contributed by atoms with Crippen LogP contribution in [0.3, 0.4) is 0 Å². The lowest BCUT2D eigenvalue weighted by Crippen LogP contribution is -2.38. The number of nitrogens with zero attached hydrogens (tertiary/aromatic N) is 1. The number of hydrogen-bond acceptors (Lipinski definition) is 4. The highest BCUT2D eigenvalue weighted by Gasteiger charge is 2.20. The molecule has 0 radical (unpaired) electrons. The van der Waals surface area contributed by atoms with E-state index in [0.717, 1.165) is 57.4 Å². The van der Waals surface area contributed by atoms with Crippen LogP contribution in [0.1, 0.15) is 44.1 Å². The third-order valence-electron chi connectivity index (χ3n) is 6.10. The number of hydrogen-bond donors (Lipinski definition) is 2. The summed E-state index contributed by atoms with van der Waals surface area (Å²) >= 11 is 0. The van der Waals surface area contributed by atoms with E-state index in [4.69, 9.17) is 4.74 Å². The van der Waals surface area contributed by atoms with Gasteiger partial charge < -0.3 is 15.4 Å². The average molecular weight is 374 g/mol. The van der Waals surface area contributed by atoms with E-state index in [1.165, 1.54) is 31.2 Å². The van der Waals surface area contributed by atoms with Crippen molar-refractivity contribution in [3.63, 3.8) is 0 Å². The fourth-order valence-electron chi connectivity index (χ4n) is 4.19. The first kappa shape index (κ1) is 20.2. The molecule has 2 saturated heterocycles. The van der Waals surface area contributed by atoms with Crippen LogP contribution in [-0.4, -0.2) is 50.6 Å². The van der Waals surface area contributed by atoms with E-state index in [9.17, 15) is 4.79 Å². The lowest BCUT2D eigenvalue weighted by atomic mass is 9.93. The number of carbonyl (C=O) groups is 1. The Morgan fingerprint density at radius 3 is 2.48 bits per heavy atom. The molecule has 1 aromatic rings. The lowest BCUT2D eigenvalue weighted by Gasteiger charge is -2.32. The molecule has 0 atom stereocenters. The van der Waals surface area contributed by atoms with Gasteiger partial charge in [0.2, 0.25) is 5.91 Å². The summed E-state index contributed by atoms with van der Waals surface area (Å²) in [6.45, 7) is 6.30. The van der Waals surface area contributed by atoms with Crippen molar-refractivity contribution in [2.75, 3.05) is 39.8 Å². The average Bonchev–Trinajstić information content (AvgIpc) is 2.73. The third kappa shape index (κ3) is 6.82. The maximum absolute atomic E-state index is 12.1. The van der Waals surface area contributed by atoms with Crippen LogP contribution in [0.2, 0.25) is 0 Å². The predicted molar refractivity (Wildman–Crippen MR) is 109 cm³/mol. The highest BCUT2D eigenvalue weighted by Crippen LogP contribution is 2.20. The first-order valence-corrected chi connectivity index (χ1v) is 10.6. The van der Waals surface area contributed by atoms with Crippen molar-refractivity contribution >= 4 is 5.91 Å². The van der Waals surface area contributed by atoms with Crippen LogP contribution in [0, 0.1) is 11.8 Å². The van der Waals surface area contributed by atoms with Crippen molar-refractivity contribution in [2.45, 2.75) is 45.1 Å². The van der Waals surface area contributed by atoms with Gasteiger partial charge in [-0.15, -0.1) is 0 Å². The minimum absolute atomic E-state index is 0.245. The normalized spacial score (nSPS) is 19.7. The molecule has 150 valence electrons. The zero-order valence-corrected chi connectivity index (χ0v) is 16.7. The number of benzene rings is 1. The van der Waals surface area contributed by atoms with Crippen LogP contribution >= 0.6 is 0 Å². The van der Waals surface area contributed by atoms with Gasteiger partial charge in [0.05, 0.1) is 7.11 Å². The summed E-state index contributed by atoms with van der Waals surface area (Å²) in [7, 11) is 1.70. The molecule has 5 nitrogen and oxygen atoms in total. The fraction of sp³-hybridized carbons (Fsp3) is 0.682. The molecule has 0 spiro atoms. The second-order valence-corrected chi connectivity index (χ2v) is 8.10. The number of rotatable bonds is 8. The quantitative estimate of drug-likeness (QED) is 0.736. The molecule has 2 heterocycles. The number of nitrogens with one attached hydrogen (secondary N) is 2. The maximum Gasteiger partial charge on any atom is 0.220 e. The number of amides is 1. The van der Waals surface area contributed by atoms with E-state index in [1.54, 1.807) is 7.11 Å². The van der Waals surface area contributed by atoms with Crippen molar-refractivity contribution in [3.05, 3.63) is 29.8 Å². The molecule has 0 aliphatic carbocycles. The SMILES string of the molecule is COc1ccc(CN2CCC(CNC(=O)CCC3CCNCC3)CC2)cc1. The van der Waals surface area contributed by atoms with Gasteiger partial charge in [0.1, 0.15) is 5.75 Å². The van der Waals surface area contributed by atoms with Crippen molar-refractivity contribution < 1.29 is 9.53 Å². The first-order valence-electron chi connectivity index (χ1n) is 10.6. The van der Waals surface area contributed by atoms with Gasteiger partial charge in [0.15, 0.2) is 0 Å². The molecule has 0 aromatic heterocycles. The van der Waals surface area contributed by atoms with Crippen molar-refractivity contribution in [2.24, 2.45) is 11.8 Å². The van der Waals surface area contributed by atoms with E-state index < -0.39 is 0 Å². The van der Waals surface area contributed by atoms with E-state index in [1.807, 2.05) is 12.1 Å². The minimum atomic E-state index is 0.245. The van der Waals surface area contributed by atoms with Crippen LogP contribution in [-0.2, 0) is 11.3 Å². The molecule has 0 bridgehead atoms. The summed E-state index contributed by atoms with van der Waals surface area (Å²) in [6, 6.07) is 8.35. The molecule has 2 aliphatic rings. The molecule has 3 rings (SSSR count). The number of carbonyl (C=O) groups excluding carboxylic acids is 1. The molecule has 1 amide bonds. The second kappa shape index (κ2) is 10.7. The Labute approximate surface area is 163 Å². The smallest absolute Gasteiger partial charge is 0.220 e. The number of methoxy groups -OCH3 is 1. The van der Waals surface area contributed by atoms with E-state index in [-0.39, 0.29) is 5.91 Å². The summed E-state index contributed by atoms with van der Waals surface area (Å²) in [5.41, 5.74) is 1.33. The highest BCUT2D eigenvalue weighted by molar-refractivity contribution is 5.75. The largest absolute Gasteiger partial charge is 0.497 e. The Hall–Kier alpha value is -1.59. The number of likely N-dealkylation sites (tertiary alicyclic amines) is 1. The van der Waals surface area contributed by atoms with Crippen molar-refractivity contribution in [1.29, 1.82) is 0 Å². The summed E-state index contributed by atoms with van der Waals surface area (Å²) in [5, 5.41) is 6.57. The topological polar surface area (TPSA) is 53.6 Å². The molecule has 2 aliphatic heterocycles. The van der Waals surface area contributed by atoms with Gasteiger partial charge >= 0.3 is 0 Å². The molecule has 1 aromatic carbocycles. The Morgan fingerprint density at radius 1 is 1.11 bits per heavy atom. The zero-order valence-electron chi connectivity index (χ0n) is 16.7. The summed E-state index contributed by atoms with van der Waals surface area (Å²) in [5.74, 6) is 2.51. The Bertz CT molecular complexity index is 561. The molecule has 0 unspecified atom stereocenters. The van der Waals surface area contributed by atoms with Gasteiger partial charge in [0.25, 0.3) is 0 Å². The van der Waals surface area contributed by atoms with Gasteiger partial charge in [-0.2, -0.15) is 0 Å². The fourth-order valence-corrected chi connectivity index (χ4v) is 4.19. The summed E-state index contributed by atoms with van der Waals surface area (Å²) in [4.78, 5) is 14.6. The van der Waals surface area contributed by atoms with Gasteiger partial charge in [-0.05, 0) is 87.8 Å². The van der Waals surface area contributed by atoms with E-state index in [0.29, 0.717) is 12.3 Å². The number of piperidine rings is 2. The molecule has 5 heteroatoms. The van der Waals surface area contributed by atoms with Crippen molar-refractivity contribution in [1.82, 2.24) is 15.5 Å². The van der Waals surface area contributed by atoms with Gasteiger partial charge in [-0.1, -0.05) is 12.1 Å². The maximum atomic E-state index is 12.1. The molecular weight excluding hydrogens is 338 g/mol. The first-order chi connectivity index (χ1) is 13.2. The highest BCUT2D eigenvalue weighted by atomic mass is 16.5. The molecule has 2 N–H and O–H groups in total. The third-order valence-corrected chi connectivity index (χ3v) is 6.10. The van der Waals surface area contributed by atoms with Gasteiger partial charge in [-0.25, -0.2) is 0 Å². The van der Waals surface area contributed by atoms with Crippen LogP contribution in [0.15, 0.2) is 24.3 Å². The van der Waals surface area contributed by atoms with Crippen molar-refractivity contribution in [3.8, 4) is 5.75 Å². The van der Waals surface area contributed by atoms with Crippen LogP contribution in [0.25, 0.3) is 0 Å². The van der Waals surface area contributed by atoms with Gasteiger partial charge in [0, 0.05) is 19.5 Å². The summed E-state index contributed by atoms with van der Waals surface area (Å²) in [6.07, 6.45) is 6.53. The zero-order chi connectivity index (χ0) is 18.9. The molecule has 2 fully saturated rings. The van der Waals surface area contributed by atoms with E-state index in [2.05, 4.69) is 27.7 Å². The Kier molecular flexibility index (Phi) is 7.96. The lowest BCUT2D eigenvalue weighted by molar-refractivity contribution is -0.121. The predicted octanol–water partition coefficient (Wildman–Crippen LogP) is 2.80. The molecular formula is C22H35N3O2. The Morgan fingerprint density at radius 2 is 1.81 bits per heavy atom. The number of ether oxygens (including phenoxy) is 1.